The molecule has 0 radical (unpaired) electrons. The molecule has 0 aliphatic carbocycles. The van der Waals surface area contributed by atoms with E-state index in [1.807, 2.05) is 24.3 Å². The fourth-order valence-corrected chi connectivity index (χ4v) is 2.66. The van der Waals surface area contributed by atoms with E-state index in [4.69, 9.17) is 5.11 Å². The van der Waals surface area contributed by atoms with E-state index in [0.717, 1.165) is 6.42 Å². The van der Waals surface area contributed by atoms with Crippen LogP contribution in [0.15, 0.2) is 24.3 Å². The number of carbonyl (C=O) groups is 2. The first-order chi connectivity index (χ1) is 9.79. The second-order valence-electron chi connectivity index (χ2n) is 6.76. The quantitative estimate of drug-likeness (QED) is 0.910. The van der Waals surface area contributed by atoms with Gasteiger partial charge in [0.1, 0.15) is 0 Å². The van der Waals surface area contributed by atoms with Crippen molar-refractivity contribution in [1.82, 2.24) is 4.90 Å². The summed E-state index contributed by atoms with van der Waals surface area (Å²) < 4.78 is 0. The lowest BCUT2D eigenvalue weighted by Crippen LogP contribution is -2.42. The Hall–Kier alpha value is -1.84. The summed E-state index contributed by atoms with van der Waals surface area (Å²) in [6, 6.07) is 7.64. The smallest absolute Gasteiger partial charge is 0.308 e. The lowest BCUT2D eigenvalue weighted by molar-refractivity contribution is -0.143. The standard InChI is InChI=1S/C17H23NO3/c1-17(2,3)14-8-6-12(7-9-14)15(19)18-10-4-5-13(11-18)16(20)21/h6-9,13H,4-5,10-11H2,1-3H3,(H,20,21). The van der Waals surface area contributed by atoms with Crippen LogP contribution >= 0.6 is 0 Å². The highest BCUT2D eigenvalue weighted by Crippen LogP contribution is 2.23. The van der Waals surface area contributed by atoms with E-state index in [9.17, 15) is 9.59 Å². The second kappa shape index (κ2) is 5.88. The zero-order valence-electron chi connectivity index (χ0n) is 12.9. The molecule has 114 valence electrons. The molecule has 1 aromatic rings. The van der Waals surface area contributed by atoms with Gasteiger partial charge in [0, 0.05) is 18.7 Å². The summed E-state index contributed by atoms with van der Waals surface area (Å²) >= 11 is 0. The molecule has 0 spiro atoms. The molecule has 4 heteroatoms. The molecule has 0 aromatic heterocycles. The lowest BCUT2D eigenvalue weighted by atomic mass is 9.86. The minimum atomic E-state index is -0.810. The number of aliphatic carboxylic acids is 1. The number of benzene rings is 1. The number of rotatable bonds is 2. The number of amides is 1. The first-order valence-corrected chi connectivity index (χ1v) is 7.41. The van der Waals surface area contributed by atoms with E-state index in [1.54, 1.807) is 4.90 Å². The number of carboxylic acids is 1. The molecule has 4 nitrogen and oxygen atoms in total. The van der Waals surface area contributed by atoms with Gasteiger partial charge in [-0.05, 0) is 36.0 Å². The van der Waals surface area contributed by atoms with Gasteiger partial charge in [0.05, 0.1) is 5.92 Å². The Kier molecular flexibility index (Phi) is 4.35. The minimum absolute atomic E-state index is 0.0567. The van der Waals surface area contributed by atoms with Crippen LogP contribution in [-0.2, 0) is 10.2 Å². The van der Waals surface area contributed by atoms with E-state index in [1.165, 1.54) is 5.56 Å². The molecular weight excluding hydrogens is 266 g/mol. The number of hydrogen-bond donors (Lipinski definition) is 1. The van der Waals surface area contributed by atoms with E-state index in [-0.39, 0.29) is 11.3 Å². The van der Waals surface area contributed by atoms with E-state index in [0.29, 0.717) is 25.1 Å². The van der Waals surface area contributed by atoms with Crippen molar-refractivity contribution < 1.29 is 14.7 Å². The van der Waals surface area contributed by atoms with Crippen molar-refractivity contribution in [3.8, 4) is 0 Å². The van der Waals surface area contributed by atoms with Crippen LogP contribution in [0.1, 0.15) is 49.5 Å². The molecule has 1 unspecified atom stereocenters. The Labute approximate surface area is 125 Å². The molecule has 21 heavy (non-hydrogen) atoms. The van der Waals surface area contributed by atoms with Gasteiger partial charge in [0.2, 0.25) is 0 Å². The molecular formula is C17H23NO3. The molecule has 1 aliphatic rings. The monoisotopic (exact) mass is 289 g/mol. The molecule has 1 amide bonds. The van der Waals surface area contributed by atoms with Crippen molar-refractivity contribution in [3.63, 3.8) is 0 Å². The molecule has 1 atom stereocenters. The van der Waals surface area contributed by atoms with E-state index < -0.39 is 11.9 Å². The highest BCUT2D eigenvalue weighted by atomic mass is 16.4. The number of hydrogen-bond acceptors (Lipinski definition) is 2. The summed E-state index contributed by atoms with van der Waals surface area (Å²) in [7, 11) is 0. The minimum Gasteiger partial charge on any atom is -0.481 e. The zero-order chi connectivity index (χ0) is 15.6. The van der Waals surface area contributed by atoms with Gasteiger partial charge in [-0.3, -0.25) is 9.59 Å². The third-order valence-corrected chi connectivity index (χ3v) is 4.06. The maximum absolute atomic E-state index is 12.5. The Morgan fingerprint density at radius 3 is 2.33 bits per heavy atom. The molecule has 1 fully saturated rings. The van der Waals surface area contributed by atoms with E-state index in [2.05, 4.69) is 20.8 Å². The SMILES string of the molecule is CC(C)(C)c1ccc(C(=O)N2CCCC(C(=O)O)C2)cc1. The van der Waals surface area contributed by atoms with Gasteiger partial charge in [-0.2, -0.15) is 0 Å². The summed E-state index contributed by atoms with van der Waals surface area (Å²) in [5, 5.41) is 9.10. The van der Waals surface area contributed by atoms with Crippen molar-refractivity contribution in [2.75, 3.05) is 13.1 Å². The van der Waals surface area contributed by atoms with Gasteiger partial charge < -0.3 is 10.0 Å². The maximum Gasteiger partial charge on any atom is 0.308 e. The van der Waals surface area contributed by atoms with Crippen LogP contribution in [-0.4, -0.2) is 35.0 Å². The summed E-state index contributed by atoms with van der Waals surface area (Å²) in [4.78, 5) is 25.2. The molecule has 0 bridgehead atoms. The average Bonchev–Trinajstić information content (AvgIpc) is 2.46. The highest BCUT2D eigenvalue weighted by Gasteiger charge is 2.28. The van der Waals surface area contributed by atoms with Gasteiger partial charge in [0.15, 0.2) is 0 Å². The van der Waals surface area contributed by atoms with Crippen LogP contribution in [0.25, 0.3) is 0 Å². The third kappa shape index (κ3) is 3.63. The zero-order valence-corrected chi connectivity index (χ0v) is 12.9. The van der Waals surface area contributed by atoms with Crippen molar-refractivity contribution in [2.45, 2.75) is 39.0 Å². The molecule has 1 aromatic carbocycles. The number of piperidine rings is 1. The van der Waals surface area contributed by atoms with Crippen LogP contribution in [0.3, 0.4) is 0 Å². The Bertz CT molecular complexity index is 528. The van der Waals surface area contributed by atoms with Gasteiger partial charge in [-0.25, -0.2) is 0 Å². The molecule has 1 N–H and O–H groups in total. The lowest BCUT2D eigenvalue weighted by Gasteiger charge is -2.31. The van der Waals surface area contributed by atoms with Crippen molar-refractivity contribution in [3.05, 3.63) is 35.4 Å². The largest absolute Gasteiger partial charge is 0.481 e. The topological polar surface area (TPSA) is 57.6 Å². The van der Waals surface area contributed by atoms with Gasteiger partial charge in [-0.15, -0.1) is 0 Å². The first kappa shape index (κ1) is 15.5. The fraction of sp³-hybridized carbons (Fsp3) is 0.529. The number of carboxylic acid groups (broad SMARTS) is 1. The van der Waals surface area contributed by atoms with Crippen molar-refractivity contribution >= 4 is 11.9 Å². The highest BCUT2D eigenvalue weighted by molar-refractivity contribution is 5.94. The Morgan fingerprint density at radius 1 is 1.19 bits per heavy atom. The van der Waals surface area contributed by atoms with Crippen LogP contribution in [0.2, 0.25) is 0 Å². The van der Waals surface area contributed by atoms with Crippen LogP contribution in [0, 0.1) is 5.92 Å². The van der Waals surface area contributed by atoms with Crippen molar-refractivity contribution in [1.29, 1.82) is 0 Å². The molecule has 1 aliphatic heterocycles. The second-order valence-corrected chi connectivity index (χ2v) is 6.76. The molecule has 1 heterocycles. The van der Waals surface area contributed by atoms with Crippen molar-refractivity contribution in [2.24, 2.45) is 5.92 Å². The molecule has 2 rings (SSSR count). The number of nitrogens with zero attached hydrogens (tertiary/aromatic N) is 1. The summed E-state index contributed by atoms with van der Waals surface area (Å²) in [5.41, 5.74) is 1.87. The van der Waals surface area contributed by atoms with Crippen LogP contribution in [0.4, 0.5) is 0 Å². The maximum atomic E-state index is 12.5. The summed E-state index contributed by atoms with van der Waals surface area (Å²) in [6.07, 6.45) is 1.41. The van der Waals surface area contributed by atoms with Crippen LogP contribution in [0.5, 0.6) is 0 Å². The predicted molar refractivity (Wildman–Crippen MR) is 81.4 cm³/mol. The molecule has 0 saturated carbocycles. The molecule has 1 saturated heterocycles. The number of likely N-dealkylation sites (tertiary alicyclic amines) is 1. The first-order valence-electron chi connectivity index (χ1n) is 7.41. The normalized spacial score (nSPS) is 19.4. The third-order valence-electron chi connectivity index (χ3n) is 4.06. The Balaban J connectivity index is 2.11. The fourth-order valence-electron chi connectivity index (χ4n) is 2.66. The van der Waals surface area contributed by atoms with Gasteiger partial charge in [-0.1, -0.05) is 32.9 Å². The van der Waals surface area contributed by atoms with E-state index >= 15 is 0 Å². The van der Waals surface area contributed by atoms with Gasteiger partial charge in [0.25, 0.3) is 5.91 Å². The summed E-state index contributed by atoms with van der Waals surface area (Å²) in [6.45, 7) is 7.35. The predicted octanol–water partition coefficient (Wildman–Crippen LogP) is 2.92. The van der Waals surface area contributed by atoms with Crippen LogP contribution < -0.4 is 0 Å². The van der Waals surface area contributed by atoms with Gasteiger partial charge >= 0.3 is 5.97 Å². The summed E-state index contributed by atoms with van der Waals surface area (Å²) in [5.74, 6) is -1.31. The average molecular weight is 289 g/mol. The Morgan fingerprint density at radius 2 is 1.81 bits per heavy atom. The number of carbonyl (C=O) groups excluding carboxylic acids is 1.